The summed E-state index contributed by atoms with van der Waals surface area (Å²) < 4.78 is 5.51. The molecule has 1 aromatic carbocycles. The second-order valence-corrected chi connectivity index (χ2v) is 5.36. The van der Waals surface area contributed by atoms with E-state index < -0.39 is 0 Å². The van der Waals surface area contributed by atoms with Gasteiger partial charge in [-0.3, -0.25) is 0 Å². The molecule has 0 bridgehead atoms. The summed E-state index contributed by atoms with van der Waals surface area (Å²) in [6, 6.07) is 8.59. The summed E-state index contributed by atoms with van der Waals surface area (Å²) in [5.74, 6) is 0.960. The van der Waals surface area contributed by atoms with Gasteiger partial charge >= 0.3 is 0 Å². The Morgan fingerprint density at radius 2 is 1.67 bits per heavy atom. The fraction of sp³-hybridized carbons (Fsp3) is 0.625. The van der Waals surface area contributed by atoms with Crippen molar-refractivity contribution in [3.63, 3.8) is 0 Å². The molecule has 1 saturated carbocycles. The van der Waals surface area contributed by atoms with Gasteiger partial charge in [-0.2, -0.15) is 0 Å². The minimum Gasteiger partial charge on any atom is -0.494 e. The summed E-state index contributed by atoms with van der Waals surface area (Å²) >= 11 is 0. The molecule has 1 fully saturated rings. The Morgan fingerprint density at radius 3 is 2.17 bits per heavy atom. The molecule has 0 spiro atoms. The summed E-state index contributed by atoms with van der Waals surface area (Å²) in [6.45, 7) is 3.50. The summed E-state index contributed by atoms with van der Waals surface area (Å²) in [6.07, 6.45) is 7.81. The average molecular weight is 247 g/mol. The number of benzene rings is 1. The molecule has 2 heteroatoms. The van der Waals surface area contributed by atoms with Gasteiger partial charge in [0.1, 0.15) is 5.75 Å². The molecule has 0 radical (unpaired) electrons. The average Bonchev–Trinajstić information content (AvgIpc) is 2.66. The van der Waals surface area contributed by atoms with Gasteiger partial charge in [-0.25, -0.2) is 0 Å². The Labute approximate surface area is 111 Å². The van der Waals surface area contributed by atoms with E-state index in [1.54, 1.807) is 0 Å². The van der Waals surface area contributed by atoms with Crippen LogP contribution in [0.3, 0.4) is 0 Å². The smallest absolute Gasteiger partial charge is 0.119 e. The maximum atomic E-state index is 6.11. The van der Waals surface area contributed by atoms with Gasteiger partial charge in [0, 0.05) is 12.0 Å². The monoisotopic (exact) mass is 247 g/mol. The Balaban J connectivity index is 2.20. The van der Waals surface area contributed by atoms with Crippen LogP contribution in [0.25, 0.3) is 0 Å². The molecule has 1 aliphatic carbocycles. The van der Waals surface area contributed by atoms with E-state index >= 15 is 0 Å². The number of hydrogen-bond acceptors (Lipinski definition) is 2. The predicted octanol–water partition coefficient (Wildman–Crippen LogP) is 3.64. The Bertz CT molecular complexity index is 350. The summed E-state index contributed by atoms with van der Waals surface area (Å²) in [5, 5.41) is 0. The molecule has 0 aromatic heterocycles. The highest BCUT2D eigenvalue weighted by Crippen LogP contribution is 2.38. The van der Waals surface area contributed by atoms with Crippen LogP contribution in [0.1, 0.15) is 51.0 Å². The van der Waals surface area contributed by atoms with E-state index in [-0.39, 0.29) is 5.41 Å². The lowest BCUT2D eigenvalue weighted by Gasteiger charge is -2.32. The lowest BCUT2D eigenvalue weighted by atomic mass is 9.74. The van der Waals surface area contributed by atoms with E-state index in [1.165, 1.54) is 44.1 Å². The van der Waals surface area contributed by atoms with Crippen LogP contribution in [0.5, 0.6) is 5.75 Å². The molecule has 0 aliphatic heterocycles. The fourth-order valence-electron chi connectivity index (χ4n) is 3.09. The van der Waals surface area contributed by atoms with Crippen LogP contribution in [0.15, 0.2) is 24.3 Å². The van der Waals surface area contributed by atoms with Crippen LogP contribution in [0, 0.1) is 0 Å². The number of rotatable bonds is 4. The highest BCUT2D eigenvalue weighted by atomic mass is 16.5. The Kier molecular flexibility index (Phi) is 4.65. The minimum absolute atomic E-state index is 0.210. The van der Waals surface area contributed by atoms with E-state index in [1.807, 2.05) is 6.92 Å². The lowest BCUT2D eigenvalue weighted by molar-refractivity contribution is 0.339. The van der Waals surface area contributed by atoms with Crippen LogP contribution in [0.4, 0.5) is 0 Å². The molecule has 0 saturated heterocycles. The zero-order valence-electron chi connectivity index (χ0n) is 11.5. The van der Waals surface area contributed by atoms with Crippen LogP contribution >= 0.6 is 0 Å². The van der Waals surface area contributed by atoms with Gasteiger partial charge in [-0.15, -0.1) is 0 Å². The SMILES string of the molecule is CCOc1ccc(C2(CN)CCCCCC2)cc1. The van der Waals surface area contributed by atoms with Crippen molar-refractivity contribution in [2.24, 2.45) is 5.73 Å². The number of ether oxygens (including phenoxy) is 1. The van der Waals surface area contributed by atoms with Crippen LogP contribution in [0.2, 0.25) is 0 Å². The largest absolute Gasteiger partial charge is 0.494 e. The van der Waals surface area contributed by atoms with Gasteiger partial charge in [0.15, 0.2) is 0 Å². The first-order valence-corrected chi connectivity index (χ1v) is 7.24. The molecule has 18 heavy (non-hydrogen) atoms. The molecule has 1 aliphatic rings. The van der Waals surface area contributed by atoms with Crippen molar-refractivity contribution in [3.05, 3.63) is 29.8 Å². The standard InChI is InChI=1S/C16H25NO/c1-2-18-15-9-7-14(8-10-15)16(13-17)11-5-3-4-6-12-16/h7-10H,2-6,11-13,17H2,1H3. The molecule has 0 amide bonds. The molecule has 0 atom stereocenters. The second kappa shape index (κ2) is 6.24. The first-order valence-electron chi connectivity index (χ1n) is 7.24. The van der Waals surface area contributed by atoms with Gasteiger partial charge in [-0.05, 0) is 37.5 Å². The molecular formula is C16H25NO. The zero-order valence-corrected chi connectivity index (χ0v) is 11.5. The van der Waals surface area contributed by atoms with Crippen LogP contribution < -0.4 is 10.5 Å². The van der Waals surface area contributed by atoms with E-state index in [2.05, 4.69) is 24.3 Å². The van der Waals surface area contributed by atoms with E-state index in [0.717, 1.165) is 18.9 Å². The highest BCUT2D eigenvalue weighted by Gasteiger charge is 2.31. The summed E-state index contributed by atoms with van der Waals surface area (Å²) in [5.41, 5.74) is 7.71. The van der Waals surface area contributed by atoms with Gasteiger partial charge in [0.05, 0.1) is 6.61 Å². The van der Waals surface area contributed by atoms with Crippen LogP contribution in [-0.2, 0) is 5.41 Å². The number of nitrogens with two attached hydrogens (primary N) is 1. The normalized spacial score (nSPS) is 19.2. The molecule has 2 N–H and O–H groups in total. The van der Waals surface area contributed by atoms with E-state index in [9.17, 15) is 0 Å². The van der Waals surface area contributed by atoms with Crippen molar-refractivity contribution in [1.82, 2.24) is 0 Å². The molecule has 2 nitrogen and oxygen atoms in total. The van der Waals surface area contributed by atoms with E-state index in [4.69, 9.17) is 10.5 Å². The molecule has 0 unspecified atom stereocenters. The van der Waals surface area contributed by atoms with Gasteiger partial charge in [-0.1, -0.05) is 37.8 Å². The van der Waals surface area contributed by atoms with Crippen molar-refractivity contribution in [3.8, 4) is 5.75 Å². The minimum atomic E-state index is 0.210. The third-order valence-corrected chi connectivity index (χ3v) is 4.23. The zero-order chi connectivity index (χ0) is 12.8. The fourth-order valence-corrected chi connectivity index (χ4v) is 3.09. The maximum Gasteiger partial charge on any atom is 0.119 e. The van der Waals surface area contributed by atoms with Crippen molar-refractivity contribution in [2.45, 2.75) is 50.9 Å². The van der Waals surface area contributed by atoms with Crippen molar-refractivity contribution in [2.75, 3.05) is 13.2 Å². The van der Waals surface area contributed by atoms with Crippen molar-refractivity contribution in [1.29, 1.82) is 0 Å². The molecule has 2 rings (SSSR count). The van der Waals surface area contributed by atoms with Gasteiger partial charge in [0.2, 0.25) is 0 Å². The molecule has 0 heterocycles. The topological polar surface area (TPSA) is 35.2 Å². The first kappa shape index (κ1) is 13.4. The Morgan fingerprint density at radius 1 is 1.06 bits per heavy atom. The highest BCUT2D eigenvalue weighted by molar-refractivity contribution is 5.33. The molecule has 100 valence electrons. The number of hydrogen-bond donors (Lipinski definition) is 1. The first-order chi connectivity index (χ1) is 8.80. The maximum absolute atomic E-state index is 6.11. The molecule has 1 aromatic rings. The van der Waals surface area contributed by atoms with Crippen molar-refractivity contribution >= 4 is 0 Å². The van der Waals surface area contributed by atoms with Crippen molar-refractivity contribution < 1.29 is 4.74 Å². The summed E-state index contributed by atoms with van der Waals surface area (Å²) in [4.78, 5) is 0. The van der Waals surface area contributed by atoms with E-state index in [0.29, 0.717) is 0 Å². The lowest BCUT2D eigenvalue weighted by Crippen LogP contribution is -2.34. The van der Waals surface area contributed by atoms with Crippen LogP contribution in [-0.4, -0.2) is 13.2 Å². The Hall–Kier alpha value is -1.02. The summed E-state index contributed by atoms with van der Waals surface area (Å²) in [7, 11) is 0. The molecular weight excluding hydrogens is 222 g/mol. The predicted molar refractivity (Wildman–Crippen MR) is 76.0 cm³/mol. The quantitative estimate of drug-likeness (QED) is 0.824. The second-order valence-electron chi connectivity index (χ2n) is 5.36. The third kappa shape index (κ3) is 2.86. The van der Waals surface area contributed by atoms with Gasteiger partial charge in [0.25, 0.3) is 0 Å². The van der Waals surface area contributed by atoms with Gasteiger partial charge < -0.3 is 10.5 Å². The third-order valence-electron chi connectivity index (χ3n) is 4.23.